The summed E-state index contributed by atoms with van der Waals surface area (Å²) < 4.78 is 34.7. The molecule has 0 bridgehead atoms. The summed E-state index contributed by atoms with van der Waals surface area (Å²) in [6.07, 6.45) is 13.0. The summed E-state index contributed by atoms with van der Waals surface area (Å²) >= 11 is 0. The van der Waals surface area contributed by atoms with Crippen molar-refractivity contribution in [3.63, 3.8) is 0 Å². The number of hydrogen-bond acceptors (Lipinski definition) is 16. The largest absolute Gasteiger partial charge is 0.497 e. The SMILES string of the molecule is C=C(C)C(=O)NCC.C=C(C)C(=O)OCC(C)COC(=O)C(=C)C.C=CC(=O)NCC.C=CC(=O)OCC(C)COC(=O)C=C.CC(COC(=O)/C=C/c1ccccc1)COC(=O)/C=C/c1ccccc1.COc1ccc(C(=O)C=Cc2ccccc2)cc1. The Morgan fingerprint density at radius 2 is 0.753 bits per heavy atom. The van der Waals surface area contributed by atoms with E-state index >= 15 is 0 Å². The van der Waals surface area contributed by atoms with E-state index in [2.05, 4.69) is 50.1 Å². The van der Waals surface area contributed by atoms with Crippen molar-refractivity contribution < 1.29 is 76.3 Å². The Morgan fingerprint density at radius 3 is 1.02 bits per heavy atom. The van der Waals surface area contributed by atoms with Crippen molar-refractivity contribution in [2.45, 2.75) is 55.4 Å². The lowest BCUT2D eigenvalue weighted by atomic mass is 10.1. The van der Waals surface area contributed by atoms with E-state index in [1.54, 1.807) is 77.3 Å². The summed E-state index contributed by atoms with van der Waals surface area (Å²) in [5.41, 5.74) is 4.79. The molecule has 0 aromatic heterocycles. The summed E-state index contributed by atoms with van der Waals surface area (Å²) in [5.74, 6) is -2.27. The van der Waals surface area contributed by atoms with Crippen molar-refractivity contribution in [3.05, 3.63) is 230 Å². The predicted octanol–water partition coefficient (Wildman–Crippen LogP) is 11.7. The van der Waals surface area contributed by atoms with Crippen LogP contribution in [0.3, 0.4) is 0 Å². The van der Waals surface area contributed by atoms with Crippen LogP contribution in [0.5, 0.6) is 5.75 Å². The van der Waals surface area contributed by atoms with Crippen LogP contribution in [0.15, 0.2) is 208 Å². The van der Waals surface area contributed by atoms with Crippen LogP contribution in [-0.2, 0) is 66.8 Å². The predicted molar refractivity (Wildman–Crippen MR) is 349 cm³/mol. The van der Waals surface area contributed by atoms with Gasteiger partial charge in [0.15, 0.2) is 5.78 Å². The van der Waals surface area contributed by atoms with Crippen LogP contribution < -0.4 is 15.4 Å². The molecule has 0 saturated carbocycles. The molecule has 4 aromatic rings. The van der Waals surface area contributed by atoms with Crippen LogP contribution in [-0.4, -0.2) is 113 Å². The Morgan fingerprint density at radius 1 is 0.427 bits per heavy atom. The summed E-state index contributed by atoms with van der Waals surface area (Å²) in [6, 6.07) is 35.8. The minimum absolute atomic E-state index is 0.0125. The fraction of sp³-hybridized carbons (Fsp3) is 0.282. The molecule has 0 heterocycles. The van der Waals surface area contributed by atoms with Gasteiger partial charge in [0.2, 0.25) is 11.8 Å². The molecule has 0 aliphatic heterocycles. The maximum Gasteiger partial charge on any atom is 0.333 e. The molecule has 478 valence electrons. The number of hydrogen-bond donors (Lipinski definition) is 2. The number of methoxy groups -OCH3 is 1. The Bertz CT molecular complexity index is 2830. The van der Waals surface area contributed by atoms with Crippen molar-refractivity contribution in [1.82, 2.24) is 10.6 Å². The van der Waals surface area contributed by atoms with E-state index in [0.717, 1.165) is 34.6 Å². The minimum Gasteiger partial charge on any atom is -0.497 e. The quantitative estimate of drug-likeness (QED) is 0.0232. The van der Waals surface area contributed by atoms with Crippen LogP contribution in [0.4, 0.5) is 0 Å². The number of ether oxygens (including phenoxy) is 7. The summed E-state index contributed by atoms with van der Waals surface area (Å²) in [4.78, 5) is 99.4. The van der Waals surface area contributed by atoms with E-state index in [0.29, 0.717) is 35.4 Å². The fourth-order valence-corrected chi connectivity index (χ4v) is 5.54. The average molecular weight is 1230 g/mol. The van der Waals surface area contributed by atoms with Crippen molar-refractivity contribution in [1.29, 1.82) is 0 Å². The molecule has 0 aliphatic rings. The van der Waals surface area contributed by atoms with Crippen molar-refractivity contribution in [2.24, 2.45) is 17.8 Å². The van der Waals surface area contributed by atoms with Crippen LogP contribution in [0.2, 0.25) is 0 Å². The first kappa shape index (κ1) is 80.8. The van der Waals surface area contributed by atoms with Crippen LogP contribution in [0.1, 0.15) is 82.4 Å². The molecule has 4 aromatic carbocycles. The summed E-state index contributed by atoms with van der Waals surface area (Å²) in [7, 11) is 1.60. The molecule has 4 rings (SSSR count). The smallest absolute Gasteiger partial charge is 0.333 e. The summed E-state index contributed by atoms with van der Waals surface area (Å²) in [5, 5.41) is 5.14. The highest BCUT2D eigenvalue weighted by molar-refractivity contribution is 6.06. The Balaban J connectivity index is 0. The molecule has 0 saturated heterocycles. The van der Waals surface area contributed by atoms with Crippen molar-refractivity contribution in [3.8, 4) is 5.75 Å². The first-order chi connectivity index (χ1) is 42.3. The summed E-state index contributed by atoms with van der Waals surface area (Å²) in [6.45, 7) is 36.7. The highest BCUT2D eigenvalue weighted by Crippen LogP contribution is 2.13. The number of likely N-dealkylation sites (N-methyl/N-ethyl adjacent to an activating group) is 2. The van der Waals surface area contributed by atoms with E-state index in [-0.39, 0.29) is 75.0 Å². The van der Waals surface area contributed by atoms with Gasteiger partial charge < -0.3 is 43.8 Å². The maximum atomic E-state index is 11.9. The third kappa shape index (κ3) is 45.8. The number of rotatable bonds is 28. The van der Waals surface area contributed by atoms with Gasteiger partial charge in [-0.25, -0.2) is 28.8 Å². The molecule has 0 fully saturated rings. The lowest BCUT2D eigenvalue weighted by Crippen LogP contribution is -2.22. The zero-order chi connectivity index (χ0) is 67.4. The molecule has 0 aliphatic carbocycles. The van der Waals surface area contributed by atoms with Crippen LogP contribution in [0, 0.1) is 17.8 Å². The van der Waals surface area contributed by atoms with Gasteiger partial charge >= 0.3 is 35.8 Å². The monoisotopic (exact) mass is 1220 g/mol. The van der Waals surface area contributed by atoms with Crippen LogP contribution in [0.25, 0.3) is 18.2 Å². The number of amides is 2. The number of esters is 6. The lowest BCUT2D eigenvalue weighted by molar-refractivity contribution is -0.145. The Kier molecular flexibility index (Phi) is 46.4. The number of allylic oxidation sites excluding steroid dienone is 1. The third-order valence-electron chi connectivity index (χ3n) is 10.4. The van der Waals surface area contributed by atoms with Crippen molar-refractivity contribution >= 4 is 71.6 Å². The molecular formula is C71H88N2O16. The highest BCUT2D eigenvalue weighted by atomic mass is 16.6. The van der Waals surface area contributed by atoms with Gasteiger partial charge in [-0.2, -0.15) is 0 Å². The van der Waals surface area contributed by atoms with Gasteiger partial charge in [-0.05, 0) is 99.9 Å². The highest BCUT2D eigenvalue weighted by Gasteiger charge is 2.12. The van der Waals surface area contributed by atoms with Gasteiger partial charge in [0.25, 0.3) is 0 Å². The molecule has 18 nitrogen and oxygen atoms in total. The topological polar surface area (TPSA) is 242 Å². The molecule has 0 radical (unpaired) electrons. The molecule has 18 heteroatoms. The first-order valence-electron chi connectivity index (χ1n) is 28.1. The van der Waals surface area contributed by atoms with Gasteiger partial charge in [-0.1, -0.05) is 157 Å². The zero-order valence-electron chi connectivity index (χ0n) is 52.8. The zero-order valence-corrected chi connectivity index (χ0v) is 52.8. The Hall–Kier alpha value is -10.2. The molecular weight excluding hydrogens is 1140 g/mol. The standard InChI is InChI=1S/C22H22O4.C16H14O2.C12H18O4.C10H14O4.C6H11NO.C5H9NO/c1-18(16-25-21(23)14-12-19-8-4-2-5-9-19)17-26-22(24)15-13-20-10-6-3-7-11-20;1-18-15-10-8-14(9-11-15)16(17)12-7-13-5-3-2-4-6-13;1-8(2)11(13)15-6-10(5)7-16-12(14)9(3)4;1-4-9(11)13-6-8(3)7-14-10(12)5-2;1-4-7-6(8)5(2)3;1-3-5(7)6-4-2/h2-15,18H,16-17H2,1H3;2-12H,1H3;10H,1,3,6-7H2,2,4-5H3;4-5,8H,1-2,6-7H2,3H3;2,4H2,1,3H3,(H,7,8);3H,1,4H2,2H3,(H,6,7)/b14-12+,15-13+;;;;;. The molecule has 89 heavy (non-hydrogen) atoms. The molecule has 2 amide bonds. The first-order valence-corrected chi connectivity index (χ1v) is 28.1. The van der Waals surface area contributed by atoms with E-state index in [4.69, 9.17) is 33.2 Å². The van der Waals surface area contributed by atoms with Gasteiger partial charge in [0, 0.05) is 77.4 Å². The van der Waals surface area contributed by atoms with Gasteiger partial charge in [0.05, 0.1) is 46.8 Å². The average Bonchev–Trinajstić information content (AvgIpc) is 3.63. The fourth-order valence-electron chi connectivity index (χ4n) is 5.54. The van der Waals surface area contributed by atoms with Gasteiger partial charge in [-0.3, -0.25) is 14.4 Å². The van der Waals surface area contributed by atoms with E-state index in [1.165, 1.54) is 18.2 Å². The van der Waals surface area contributed by atoms with E-state index < -0.39 is 35.8 Å². The number of carbonyl (C=O) groups excluding carboxylic acids is 9. The molecule has 0 unspecified atom stereocenters. The number of benzene rings is 4. The second-order valence-corrected chi connectivity index (χ2v) is 19.1. The van der Waals surface area contributed by atoms with Crippen molar-refractivity contribution in [2.75, 3.05) is 59.8 Å². The van der Waals surface area contributed by atoms with Crippen LogP contribution >= 0.6 is 0 Å². The third-order valence-corrected chi connectivity index (χ3v) is 10.4. The second kappa shape index (κ2) is 51.0. The minimum atomic E-state index is -0.480. The number of carbonyl (C=O) groups is 9. The molecule has 0 spiro atoms. The normalized spacial score (nSPS) is 9.93. The Labute approximate surface area is 525 Å². The maximum absolute atomic E-state index is 11.9. The molecule has 2 N–H and O–H groups in total. The molecule has 0 atom stereocenters. The van der Waals surface area contributed by atoms with E-state index in [1.807, 2.05) is 125 Å². The number of ketones is 1. The lowest BCUT2D eigenvalue weighted by Gasteiger charge is -2.12. The van der Waals surface area contributed by atoms with Gasteiger partial charge in [-0.15, -0.1) is 0 Å². The van der Waals surface area contributed by atoms with Gasteiger partial charge in [0.1, 0.15) is 5.75 Å². The number of nitrogens with one attached hydrogen (secondary N) is 2. The second-order valence-electron chi connectivity index (χ2n) is 19.1. The van der Waals surface area contributed by atoms with E-state index in [9.17, 15) is 43.2 Å².